The van der Waals surface area contributed by atoms with Gasteiger partial charge in [-0.15, -0.1) is 0 Å². The van der Waals surface area contributed by atoms with E-state index in [1.807, 2.05) is 0 Å². The highest BCUT2D eigenvalue weighted by atomic mass is 79.9. The molecule has 7 heteroatoms. The van der Waals surface area contributed by atoms with Gasteiger partial charge in [-0.2, -0.15) is 0 Å². The molecule has 0 unspecified atom stereocenters. The summed E-state index contributed by atoms with van der Waals surface area (Å²) in [5.74, 6) is -1.05. The minimum absolute atomic E-state index is 0.102. The predicted octanol–water partition coefficient (Wildman–Crippen LogP) is 2.49. The van der Waals surface area contributed by atoms with Gasteiger partial charge in [0.1, 0.15) is 18.1 Å². The fourth-order valence-electron chi connectivity index (χ4n) is 3.33. The average Bonchev–Trinajstić information content (AvgIpc) is 2.86. The van der Waals surface area contributed by atoms with Gasteiger partial charge in [0, 0.05) is 21.8 Å². The van der Waals surface area contributed by atoms with Crippen LogP contribution >= 0.6 is 15.9 Å². The first kappa shape index (κ1) is 16.1. The largest absolute Gasteiger partial charge is 0.497 e. The molecule has 2 aromatic carbocycles. The third-order valence-electron chi connectivity index (χ3n) is 4.67. The van der Waals surface area contributed by atoms with Crippen LogP contribution in [0.5, 0.6) is 11.5 Å². The highest BCUT2D eigenvalue weighted by molar-refractivity contribution is 9.10. The summed E-state index contributed by atoms with van der Waals surface area (Å²) in [5, 5.41) is 13.8. The Bertz CT molecular complexity index is 912. The van der Waals surface area contributed by atoms with Crippen LogP contribution < -0.4 is 14.8 Å². The number of hydrogen-bond acceptors (Lipinski definition) is 5. The molecule has 2 atom stereocenters. The van der Waals surface area contributed by atoms with Crippen molar-refractivity contribution in [1.29, 1.82) is 0 Å². The Labute approximate surface area is 151 Å². The molecular weight excluding hydrogens is 390 g/mol. The molecule has 2 aliphatic heterocycles. The lowest BCUT2D eigenvalue weighted by Gasteiger charge is -2.33. The van der Waals surface area contributed by atoms with Crippen LogP contribution in [0.25, 0.3) is 0 Å². The summed E-state index contributed by atoms with van der Waals surface area (Å²) < 4.78 is 11.5. The molecule has 0 fully saturated rings. The number of amides is 1. The molecule has 0 saturated carbocycles. The monoisotopic (exact) mass is 403 g/mol. The van der Waals surface area contributed by atoms with E-state index < -0.39 is 17.4 Å². The molecule has 0 spiro atoms. The van der Waals surface area contributed by atoms with E-state index in [9.17, 15) is 14.7 Å². The predicted molar refractivity (Wildman–Crippen MR) is 93.0 cm³/mol. The maximum atomic E-state index is 13.0. The zero-order valence-electron chi connectivity index (χ0n) is 13.2. The molecule has 128 valence electrons. The molecule has 2 heterocycles. The standard InChI is InChI=1S/C18H14BrNO5/c1-24-10-3-4-11-15(7-10)25-8-13(16(11)21)18(23)12-6-9(19)2-5-14(12)20-17(18)22/h2-7,13,23H,8H2,1H3,(H,20,22)/t13-,18-/m1/s1. The summed E-state index contributed by atoms with van der Waals surface area (Å²) in [5.41, 5.74) is -0.801. The van der Waals surface area contributed by atoms with Crippen LogP contribution in [0.15, 0.2) is 40.9 Å². The molecule has 0 aliphatic carbocycles. The van der Waals surface area contributed by atoms with Crippen molar-refractivity contribution >= 4 is 33.3 Å². The minimum atomic E-state index is -1.98. The number of halogens is 1. The number of rotatable bonds is 2. The maximum absolute atomic E-state index is 13.0. The Hall–Kier alpha value is -2.38. The lowest BCUT2D eigenvalue weighted by atomic mass is 9.77. The van der Waals surface area contributed by atoms with E-state index >= 15 is 0 Å². The SMILES string of the molecule is COc1ccc2c(c1)OC[C@@H]([C@@]1(O)C(=O)Nc3ccc(Br)cc31)C2=O. The first-order chi connectivity index (χ1) is 11.9. The van der Waals surface area contributed by atoms with Crippen molar-refractivity contribution in [2.24, 2.45) is 5.92 Å². The van der Waals surface area contributed by atoms with Gasteiger partial charge >= 0.3 is 0 Å². The van der Waals surface area contributed by atoms with Gasteiger partial charge in [-0.3, -0.25) is 9.59 Å². The van der Waals surface area contributed by atoms with Crippen LogP contribution in [-0.4, -0.2) is 30.5 Å². The van der Waals surface area contributed by atoms with E-state index in [2.05, 4.69) is 21.2 Å². The average molecular weight is 404 g/mol. The Morgan fingerprint density at radius 1 is 1.28 bits per heavy atom. The molecule has 0 bridgehead atoms. The van der Waals surface area contributed by atoms with Crippen LogP contribution in [0.4, 0.5) is 5.69 Å². The van der Waals surface area contributed by atoms with Gasteiger partial charge in [-0.25, -0.2) is 0 Å². The highest BCUT2D eigenvalue weighted by Gasteiger charge is 2.55. The van der Waals surface area contributed by atoms with Crippen LogP contribution in [0, 0.1) is 5.92 Å². The first-order valence-electron chi connectivity index (χ1n) is 7.64. The van der Waals surface area contributed by atoms with Gasteiger partial charge in [0.15, 0.2) is 11.4 Å². The molecule has 25 heavy (non-hydrogen) atoms. The van der Waals surface area contributed by atoms with Crippen molar-refractivity contribution in [3.8, 4) is 11.5 Å². The molecule has 6 nitrogen and oxygen atoms in total. The van der Waals surface area contributed by atoms with E-state index in [0.29, 0.717) is 32.8 Å². The molecule has 2 N–H and O–H groups in total. The number of benzene rings is 2. The number of methoxy groups -OCH3 is 1. The number of carbonyl (C=O) groups is 2. The Morgan fingerprint density at radius 3 is 2.84 bits per heavy atom. The summed E-state index contributed by atoms with van der Waals surface area (Å²) in [6.45, 7) is -0.102. The van der Waals surface area contributed by atoms with Gasteiger partial charge in [-0.1, -0.05) is 15.9 Å². The Kier molecular flexibility index (Phi) is 3.59. The fourth-order valence-corrected chi connectivity index (χ4v) is 3.69. The van der Waals surface area contributed by atoms with Gasteiger partial charge in [-0.05, 0) is 30.3 Å². The van der Waals surface area contributed by atoms with E-state index in [0.717, 1.165) is 0 Å². The van der Waals surface area contributed by atoms with Gasteiger partial charge in [0.2, 0.25) is 0 Å². The van der Waals surface area contributed by atoms with Crippen molar-refractivity contribution < 1.29 is 24.2 Å². The number of carbonyl (C=O) groups excluding carboxylic acids is 2. The summed E-state index contributed by atoms with van der Waals surface area (Å²) in [4.78, 5) is 25.5. The number of aliphatic hydroxyl groups is 1. The number of fused-ring (bicyclic) bond motifs is 2. The van der Waals surface area contributed by atoms with Crippen molar-refractivity contribution in [2.45, 2.75) is 5.60 Å². The summed E-state index contributed by atoms with van der Waals surface area (Å²) >= 11 is 3.34. The molecule has 4 rings (SSSR count). The van der Waals surface area contributed by atoms with Crippen LogP contribution in [0.1, 0.15) is 15.9 Å². The third kappa shape index (κ3) is 2.26. The number of Topliss-reactive ketones (excluding diaryl/α,β-unsaturated/α-hetero) is 1. The molecule has 0 saturated heterocycles. The van der Waals surface area contributed by atoms with Gasteiger partial charge in [0.25, 0.3) is 5.91 Å². The normalized spacial score (nSPS) is 24.2. The van der Waals surface area contributed by atoms with Crippen molar-refractivity contribution in [1.82, 2.24) is 0 Å². The number of hydrogen-bond donors (Lipinski definition) is 2. The van der Waals surface area contributed by atoms with Crippen LogP contribution in [0.3, 0.4) is 0 Å². The summed E-state index contributed by atoms with van der Waals surface area (Å²) in [7, 11) is 1.52. The van der Waals surface area contributed by atoms with Gasteiger partial charge < -0.3 is 19.9 Å². The second-order valence-corrected chi connectivity index (χ2v) is 6.92. The number of anilines is 1. The number of nitrogens with one attached hydrogen (secondary N) is 1. The second-order valence-electron chi connectivity index (χ2n) is 6.00. The third-order valence-corrected chi connectivity index (χ3v) is 5.16. The molecular formula is C18H14BrNO5. The zero-order valence-corrected chi connectivity index (χ0v) is 14.8. The number of ether oxygens (including phenoxy) is 2. The summed E-state index contributed by atoms with van der Waals surface area (Å²) in [6, 6.07) is 9.93. The van der Waals surface area contributed by atoms with E-state index in [4.69, 9.17) is 9.47 Å². The zero-order chi connectivity index (χ0) is 17.8. The smallest absolute Gasteiger partial charge is 0.262 e. The van der Waals surface area contributed by atoms with Crippen molar-refractivity contribution in [3.05, 3.63) is 52.0 Å². The highest BCUT2D eigenvalue weighted by Crippen LogP contribution is 2.45. The first-order valence-corrected chi connectivity index (χ1v) is 8.43. The van der Waals surface area contributed by atoms with E-state index in [1.165, 1.54) is 7.11 Å². The summed E-state index contributed by atoms with van der Waals surface area (Å²) in [6.07, 6.45) is 0. The molecule has 2 aromatic rings. The molecule has 0 radical (unpaired) electrons. The van der Waals surface area contributed by atoms with E-state index in [-0.39, 0.29) is 12.4 Å². The minimum Gasteiger partial charge on any atom is -0.497 e. The van der Waals surface area contributed by atoms with Crippen LogP contribution in [0.2, 0.25) is 0 Å². The molecule has 1 amide bonds. The maximum Gasteiger partial charge on any atom is 0.262 e. The van der Waals surface area contributed by atoms with Gasteiger partial charge in [0.05, 0.1) is 18.6 Å². The van der Waals surface area contributed by atoms with Crippen LogP contribution in [-0.2, 0) is 10.4 Å². The fraction of sp³-hybridized carbons (Fsp3) is 0.222. The molecule has 2 aliphatic rings. The Morgan fingerprint density at radius 2 is 2.08 bits per heavy atom. The number of ketones is 1. The topological polar surface area (TPSA) is 84.9 Å². The lowest BCUT2D eigenvalue weighted by Crippen LogP contribution is -2.49. The Balaban J connectivity index is 1.79. The van der Waals surface area contributed by atoms with Crippen molar-refractivity contribution in [3.63, 3.8) is 0 Å². The van der Waals surface area contributed by atoms with Crippen molar-refractivity contribution in [2.75, 3.05) is 19.0 Å². The molecule has 0 aromatic heterocycles. The second kappa shape index (κ2) is 5.57. The van der Waals surface area contributed by atoms with E-state index in [1.54, 1.807) is 36.4 Å². The quantitative estimate of drug-likeness (QED) is 0.804. The lowest BCUT2D eigenvalue weighted by molar-refractivity contribution is -0.139.